The van der Waals surface area contributed by atoms with Crippen LogP contribution in [0.5, 0.6) is 11.5 Å². The van der Waals surface area contributed by atoms with Crippen LogP contribution in [0, 0.1) is 6.92 Å². The van der Waals surface area contributed by atoms with E-state index in [4.69, 9.17) is 9.47 Å². The number of benzene rings is 2. The molecule has 0 unspecified atom stereocenters. The molecule has 0 N–H and O–H groups in total. The Morgan fingerprint density at radius 1 is 1.03 bits per heavy atom. The van der Waals surface area contributed by atoms with Gasteiger partial charge in [0.1, 0.15) is 11.2 Å². The van der Waals surface area contributed by atoms with Crippen LogP contribution < -0.4 is 13.8 Å². The molecule has 2 aromatic heterocycles. The number of pyridine rings is 1. The van der Waals surface area contributed by atoms with Crippen LogP contribution in [0.1, 0.15) is 11.1 Å². The van der Waals surface area contributed by atoms with Gasteiger partial charge in [0, 0.05) is 12.3 Å². The van der Waals surface area contributed by atoms with Crippen LogP contribution in [0.25, 0.3) is 5.65 Å². The Kier molecular flexibility index (Phi) is 4.32. The molecule has 4 aromatic rings. The first-order valence-corrected chi connectivity index (χ1v) is 10.7. The molecular weight excluding hydrogens is 404 g/mol. The maximum absolute atomic E-state index is 13.7. The van der Waals surface area contributed by atoms with E-state index in [1.54, 1.807) is 28.7 Å². The van der Waals surface area contributed by atoms with Gasteiger partial charge in [-0.3, -0.25) is 8.71 Å². The summed E-state index contributed by atoms with van der Waals surface area (Å²) in [6.45, 7) is 2.28. The second-order valence-electron chi connectivity index (χ2n) is 7.00. The molecule has 0 radical (unpaired) electrons. The first-order chi connectivity index (χ1) is 14.5. The van der Waals surface area contributed by atoms with E-state index in [1.807, 2.05) is 31.2 Å². The molecule has 8 nitrogen and oxygen atoms in total. The van der Waals surface area contributed by atoms with Gasteiger partial charge in [0.2, 0.25) is 6.79 Å². The van der Waals surface area contributed by atoms with Gasteiger partial charge in [-0.05, 0) is 36.8 Å². The Bertz CT molecular complexity index is 1330. The molecule has 2 aromatic carbocycles. The first kappa shape index (κ1) is 18.4. The van der Waals surface area contributed by atoms with E-state index >= 15 is 0 Å². The molecule has 0 atom stereocenters. The van der Waals surface area contributed by atoms with Crippen molar-refractivity contribution < 1.29 is 17.9 Å². The highest BCUT2D eigenvalue weighted by Gasteiger charge is 2.27. The molecule has 3 heterocycles. The van der Waals surface area contributed by atoms with E-state index in [-0.39, 0.29) is 18.2 Å². The molecule has 9 heteroatoms. The highest BCUT2D eigenvalue weighted by atomic mass is 32.2. The molecule has 1 aliphatic heterocycles. The lowest BCUT2D eigenvalue weighted by atomic mass is 10.1. The van der Waals surface area contributed by atoms with Crippen LogP contribution in [0.3, 0.4) is 0 Å². The molecule has 152 valence electrons. The van der Waals surface area contributed by atoms with Gasteiger partial charge in [-0.15, -0.1) is 10.2 Å². The second-order valence-corrected chi connectivity index (χ2v) is 8.86. The lowest BCUT2D eigenvalue weighted by Crippen LogP contribution is -2.30. The number of fused-ring (bicyclic) bond motifs is 2. The number of hydrogen-bond donors (Lipinski definition) is 0. The fraction of sp³-hybridized carbons (Fsp3) is 0.143. The number of anilines is 1. The van der Waals surface area contributed by atoms with Crippen molar-refractivity contribution in [2.75, 3.05) is 11.1 Å². The van der Waals surface area contributed by atoms with E-state index in [9.17, 15) is 8.42 Å². The molecule has 5 rings (SSSR count). The van der Waals surface area contributed by atoms with Crippen LogP contribution in [0.2, 0.25) is 0 Å². The number of nitrogens with zero attached hydrogens (tertiary/aromatic N) is 4. The maximum Gasteiger partial charge on any atom is 0.266 e. The smallest absolute Gasteiger partial charge is 0.266 e. The van der Waals surface area contributed by atoms with Crippen LogP contribution in [-0.2, 0) is 16.6 Å². The lowest BCUT2D eigenvalue weighted by Gasteiger charge is -2.25. The lowest BCUT2D eigenvalue weighted by molar-refractivity contribution is 0.174. The molecule has 0 saturated carbocycles. The number of hydrogen-bond acceptors (Lipinski definition) is 6. The highest BCUT2D eigenvalue weighted by molar-refractivity contribution is 7.92. The van der Waals surface area contributed by atoms with Crippen molar-refractivity contribution in [3.8, 4) is 11.5 Å². The molecule has 0 aliphatic carbocycles. The van der Waals surface area contributed by atoms with E-state index in [1.165, 1.54) is 22.9 Å². The average Bonchev–Trinajstić information content (AvgIpc) is 3.41. The number of aromatic nitrogens is 3. The number of aryl methyl sites for hydroxylation is 1. The zero-order chi connectivity index (χ0) is 20.7. The predicted octanol–water partition coefficient (Wildman–Crippen LogP) is 3.16. The summed E-state index contributed by atoms with van der Waals surface area (Å²) in [5, 5.41) is 7.75. The zero-order valence-corrected chi connectivity index (χ0v) is 16.9. The summed E-state index contributed by atoms with van der Waals surface area (Å²) in [4.78, 5) is 0.138. The summed E-state index contributed by atoms with van der Waals surface area (Å²) in [5.41, 5.74) is 3.03. The molecule has 0 amide bonds. The number of sulfonamides is 1. The summed E-state index contributed by atoms with van der Waals surface area (Å²) in [6, 6.07) is 16.1. The Hall–Kier alpha value is -3.59. The average molecular weight is 422 g/mol. The molecule has 0 bridgehead atoms. The van der Waals surface area contributed by atoms with E-state index in [0.29, 0.717) is 22.8 Å². The summed E-state index contributed by atoms with van der Waals surface area (Å²) in [5.74, 6) is 1.11. The third-order valence-corrected chi connectivity index (χ3v) is 6.70. The van der Waals surface area contributed by atoms with Crippen molar-refractivity contribution in [2.24, 2.45) is 0 Å². The minimum atomic E-state index is -3.89. The van der Waals surface area contributed by atoms with E-state index in [2.05, 4.69) is 10.2 Å². The molecule has 30 heavy (non-hydrogen) atoms. The van der Waals surface area contributed by atoms with Crippen LogP contribution >= 0.6 is 0 Å². The van der Waals surface area contributed by atoms with E-state index < -0.39 is 10.0 Å². The third-order valence-electron chi connectivity index (χ3n) is 4.94. The van der Waals surface area contributed by atoms with Gasteiger partial charge in [-0.25, -0.2) is 8.42 Å². The van der Waals surface area contributed by atoms with Gasteiger partial charge in [-0.1, -0.05) is 29.8 Å². The maximum atomic E-state index is 13.7. The van der Waals surface area contributed by atoms with Crippen molar-refractivity contribution in [1.29, 1.82) is 0 Å². The number of ether oxygens (including phenoxy) is 2. The van der Waals surface area contributed by atoms with Crippen LogP contribution in [0.4, 0.5) is 5.69 Å². The summed E-state index contributed by atoms with van der Waals surface area (Å²) < 4.78 is 41.1. The van der Waals surface area contributed by atoms with Gasteiger partial charge in [0.15, 0.2) is 17.1 Å². The summed E-state index contributed by atoms with van der Waals surface area (Å²) >= 11 is 0. The Morgan fingerprint density at radius 3 is 2.67 bits per heavy atom. The quantitative estimate of drug-likeness (QED) is 0.491. The standard InChI is InChI=1S/C21H18N4O4S/c1-15-2-4-16(5-3-15)11-25(17-6-8-19-20(10-17)29-14-28-19)30(26,27)18-7-9-21-23-22-13-24(21)12-18/h2-10,12-13H,11,14H2,1H3. The molecular formula is C21H18N4O4S. The zero-order valence-electron chi connectivity index (χ0n) is 16.1. The van der Waals surface area contributed by atoms with Crippen molar-refractivity contribution in [3.05, 3.63) is 78.2 Å². The van der Waals surface area contributed by atoms with Gasteiger partial charge < -0.3 is 9.47 Å². The van der Waals surface area contributed by atoms with Crippen LogP contribution in [0.15, 0.2) is 72.0 Å². The fourth-order valence-electron chi connectivity index (χ4n) is 3.30. The van der Waals surface area contributed by atoms with Crippen LogP contribution in [-0.4, -0.2) is 29.8 Å². The molecule has 0 spiro atoms. The van der Waals surface area contributed by atoms with Crippen molar-refractivity contribution in [2.45, 2.75) is 18.4 Å². The fourth-order valence-corrected chi connectivity index (χ4v) is 4.75. The topological polar surface area (TPSA) is 86.0 Å². The van der Waals surface area contributed by atoms with Crippen molar-refractivity contribution >= 4 is 21.4 Å². The SMILES string of the molecule is Cc1ccc(CN(c2ccc3c(c2)OCO3)S(=O)(=O)c2ccc3nncn3c2)cc1. The monoisotopic (exact) mass is 422 g/mol. The van der Waals surface area contributed by atoms with Gasteiger partial charge in [-0.2, -0.15) is 0 Å². The number of rotatable bonds is 5. The summed E-state index contributed by atoms with van der Waals surface area (Å²) in [7, 11) is -3.89. The molecule has 0 saturated heterocycles. The minimum absolute atomic E-state index is 0.119. The summed E-state index contributed by atoms with van der Waals surface area (Å²) in [6.07, 6.45) is 2.99. The van der Waals surface area contributed by atoms with Gasteiger partial charge in [0.25, 0.3) is 10.0 Å². The molecule has 1 aliphatic rings. The Balaban J connectivity index is 1.61. The second kappa shape index (κ2) is 7.03. The first-order valence-electron chi connectivity index (χ1n) is 9.28. The normalized spacial score (nSPS) is 13.0. The predicted molar refractivity (Wildman–Crippen MR) is 110 cm³/mol. The third kappa shape index (κ3) is 3.22. The van der Waals surface area contributed by atoms with Crippen molar-refractivity contribution in [1.82, 2.24) is 14.6 Å². The van der Waals surface area contributed by atoms with Gasteiger partial charge >= 0.3 is 0 Å². The Morgan fingerprint density at radius 2 is 1.83 bits per heavy atom. The highest BCUT2D eigenvalue weighted by Crippen LogP contribution is 2.37. The molecule has 0 fully saturated rings. The minimum Gasteiger partial charge on any atom is -0.454 e. The largest absolute Gasteiger partial charge is 0.454 e. The van der Waals surface area contributed by atoms with Gasteiger partial charge in [0.05, 0.1) is 12.2 Å². The Labute approximate surface area is 173 Å². The van der Waals surface area contributed by atoms with E-state index in [0.717, 1.165) is 11.1 Å². The van der Waals surface area contributed by atoms with Crippen molar-refractivity contribution in [3.63, 3.8) is 0 Å².